The van der Waals surface area contributed by atoms with Gasteiger partial charge in [0.15, 0.2) is 0 Å². The van der Waals surface area contributed by atoms with Crippen molar-refractivity contribution in [3.05, 3.63) is 15.6 Å². The zero-order valence-electron chi connectivity index (χ0n) is 11.7. The molecule has 0 saturated carbocycles. The highest BCUT2D eigenvalue weighted by Crippen LogP contribution is 2.21. The molecule has 0 aromatic carbocycles. The van der Waals surface area contributed by atoms with E-state index in [2.05, 4.69) is 17.2 Å². The number of carboxylic acids is 1. The number of nitrogens with zero attached hydrogens (tertiary/aromatic N) is 1. The first-order valence-electron chi connectivity index (χ1n) is 6.36. The van der Waals surface area contributed by atoms with Gasteiger partial charge in [0.1, 0.15) is 10.4 Å². The second-order valence-corrected chi connectivity index (χ2v) is 5.80. The lowest BCUT2D eigenvalue weighted by molar-refractivity contribution is -0.143. The fourth-order valence-corrected chi connectivity index (χ4v) is 2.65. The number of thiazole rings is 1. The van der Waals surface area contributed by atoms with Gasteiger partial charge < -0.3 is 10.4 Å². The standard InChI is InChI=1S/C13H20N2O3S/c1-5-7-9-14-8(3)10(19-9)11(16)15-13(4,6-2)12(17)18/h5-7H2,1-4H3,(H,15,16)(H,17,18). The minimum absolute atomic E-state index is 0.327. The Balaban J connectivity index is 2.92. The molecule has 106 valence electrons. The first-order valence-corrected chi connectivity index (χ1v) is 7.18. The van der Waals surface area contributed by atoms with E-state index in [0.29, 0.717) is 17.0 Å². The van der Waals surface area contributed by atoms with E-state index < -0.39 is 11.5 Å². The van der Waals surface area contributed by atoms with Crippen LogP contribution in [0.15, 0.2) is 0 Å². The summed E-state index contributed by atoms with van der Waals surface area (Å²) in [6.07, 6.45) is 2.13. The van der Waals surface area contributed by atoms with Crippen LogP contribution in [0.3, 0.4) is 0 Å². The number of hydrogen-bond acceptors (Lipinski definition) is 4. The first-order chi connectivity index (χ1) is 8.84. The number of carboxylic acid groups (broad SMARTS) is 1. The Labute approximate surface area is 117 Å². The molecule has 0 aliphatic heterocycles. The maximum atomic E-state index is 12.2. The van der Waals surface area contributed by atoms with Crippen LogP contribution in [0.2, 0.25) is 0 Å². The molecule has 1 aromatic rings. The van der Waals surface area contributed by atoms with Crippen LogP contribution < -0.4 is 5.32 Å². The van der Waals surface area contributed by atoms with Gasteiger partial charge in [-0.05, 0) is 33.1 Å². The number of aryl methyl sites for hydroxylation is 2. The van der Waals surface area contributed by atoms with Gasteiger partial charge in [-0.15, -0.1) is 11.3 Å². The predicted octanol–water partition coefficient (Wildman–Crippen LogP) is 2.39. The van der Waals surface area contributed by atoms with Crippen molar-refractivity contribution in [1.29, 1.82) is 0 Å². The summed E-state index contributed by atoms with van der Waals surface area (Å²) >= 11 is 1.34. The molecule has 0 spiro atoms. The molecule has 0 aliphatic rings. The molecule has 0 aliphatic carbocycles. The van der Waals surface area contributed by atoms with Crippen LogP contribution in [0.1, 0.15) is 54.0 Å². The van der Waals surface area contributed by atoms with E-state index in [0.717, 1.165) is 17.8 Å². The molecule has 1 atom stereocenters. The summed E-state index contributed by atoms with van der Waals surface area (Å²) in [6.45, 7) is 7.07. The Morgan fingerprint density at radius 3 is 2.53 bits per heavy atom. The van der Waals surface area contributed by atoms with Gasteiger partial charge in [0.2, 0.25) is 0 Å². The Kier molecular flexibility index (Phi) is 5.05. The molecule has 1 aromatic heterocycles. The average Bonchev–Trinajstić information content (AvgIpc) is 2.70. The topological polar surface area (TPSA) is 79.3 Å². The van der Waals surface area contributed by atoms with Crippen molar-refractivity contribution in [3.63, 3.8) is 0 Å². The van der Waals surface area contributed by atoms with Crippen molar-refractivity contribution in [1.82, 2.24) is 10.3 Å². The number of aliphatic carboxylic acids is 1. The fourth-order valence-electron chi connectivity index (χ4n) is 1.58. The largest absolute Gasteiger partial charge is 0.480 e. The number of nitrogens with one attached hydrogen (secondary N) is 1. The van der Waals surface area contributed by atoms with Crippen LogP contribution in [0.4, 0.5) is 0 Å². The van der Waals surface area contributed by atoms with Crippen molar-refractivity contribution >= 4 is 23.2 Å². The van der Waals surface area contributed by atoms with Gasteiger partial charge in [0, 0.05) is 0 Å². The summed E-state index contributed by atoms with van der Waals surface area (Å²) in [5.41, 5.74) is -0.576. The summed E-state index contributed by atoms with van der Waals surface area (Å²) in [5, 5.41) is 12.7. The molecule has 6 heteroatoms. The molecule has 1 amide bonds. The van der Waals surface area contributed by atoms with E-state index in [9.17, 15) is 9.59 Å². The molecule has 0 bridgehead atoms. The van der Waals surface area contributed by atoms with E-state index >= 15 is 0 Å². The van der Waals surface area contributed by atoms with Crippen LogP contribution in [0.25, 0.3) is 0 Å². The molecule has 0 saturated heterocycles. The third-order valence-electron chi connectivity index (χ3n) is 3.08. The Bertz CT molecular complexity index is 484. The molecular formula is C13H20N2O3S. The van der Waals surface area contributed by atoms with Crippen LogP contribution in [0, 0.1) is 6.92 Å². The van der Waals surface area contributed by atoms with Crippen molar-refractivity contribution in [2.24, 2.45) is 0 Å². The Morgan fingerprint density at radius 1 is 1.42 bits per heavy atom. The lowest BCUT2D eigenvalue weighted by Crippen LogP contribution is -2.51. The van der Waals surface area contributed by atoms with Crippen LogP contribution in [-0.4, -0.2) is 27.5 Å². The smallest absolute Gasteiger partial charge is 0.329 e. The van der Waals surface area contributed by atoms with Gasteiger partial charge in [-0.25, -0.2) is 9.78 Å². The van der Waals surface area contributed by atoms with Crippen molar-refractivity contribution in [2.45, 2.75) is 52.5 Å². The monoisotopic (exact) mass is 284 g/mol. The fraction of sp³-hybridized carbons (Fsp3) is 0.615. The minimum atomic E-state index is -1.24. The number of carbonyl (C=O) groups is 2. The maximum absolute atomic E-state index is 12.2. The predicted molar refractivity (Wildman–Crippen MR) is 74.6 cm³/mol. The van der Waals surface area contributed by atoms with Gasteiger partial charge in [-0.1, -0.05) is 13.8 Å². The Hall–Kier alpha value is -1.43. The summed E-state index contributed by atoms with van der Waals surface area (Å²) in [6, 6.07) is 0. The number of hydrogen-bond donors (Lipinski definition) is 2. The third-order valence-corrected chi connectivity index (χ3v) is 4.30. The normalized spacial score (nSPS) is 13.9. The zero-order valence-corrected chi connectivity index (χ0v) is 12.6. The van der Waals surface area contributed by atoms with Crippen molar-refractivity contribution in [2.75, 3.05) is 0 Å². The number of amides is 1. The van der Waals surface area contributed by atoms with Crippen molar-refractivity contribution < 1.29 is 14.7 Å². The van der Waals surface area contributed by atoms with Gasteiger partial charge >= 0.3 is 5.97 Å². The second-order valence-electron chi connectivity index (χ2n) is 4.72. The summed E-state index contributed by atoms with van der Waals surface area (Å²) < 4.78 is 0. The van der Waals surface area contributed by atoms with E-state index in [1.54, 1.807) is 13.8 Å². The third kappa shape index (κ3) is 3.53. The molecule has 1 rings (SSSR count). The number of rotatable bonds is 6. The zero-order chi connectivity index (χ0) is 14.6. The molecule has 19 heavy (non-hydrogen) atoms. The van der Waals surface area contributed by atoms with E-state index in [-0.39, 0.29) is 5.91 Å². The van der Waals surface area contributed by atoms with E-state index in [1.807, 2.05) is 0 Å². The summed E-state index contributed by atoms with van der Waals surface area (Å²) in [4.78, 5) is 28.2. The lowest BCUT2D eigenvalue weighted by atomic mass is 9.99. The lowest BCUT2D eigenvalue weighted by Gasteiger charge is -2.24. The first kappa shape index (κ1) is 15.6. The second kappa shape index (κ2) is 6.14. The number of carbonyl (C=O) groups excluding carboxylic acids is 1. The average molecular weight is 284 g/mol. The van der Waals surface area contributed by atoms with Gasteiger partial charge in [-0.2, -0.15) is 0 Å². The van der Waals surface area contributed by atoms with Gasteiger partial charge in [-0.3, -0.25) is 4.79 Å². The van der Waals surface area contributed by atoms with Gasteiger partial charge in [0.05, 0.1) is 10.7 Å². The SMILES string of the molecule is CCCc1nc(C)c(C(=O)NC(C)(CC)C(=O)O)s1. The molecular weight excluding hydrogens is 264 g/mol. The highest BCUT2D eigenvalue weighted by molar-refractivity contribution is 7.13. The van der Waals surface area contributed by atoms with Crippen LogP contribution >= 0.6 is 11.3 Å². The van der Waals surface area contributed by atoms with E-state index in [1.165, 1.54) is 18.3 Å². The van der Waals surface area contributed by atoms with Crippen LogP contribution in [-0.2, 0) is 11.2 Å². The van der Waals surface area contributed by atoms with Gasteiger partial charge in [0.25, 0.3) is 5.91 Å². The molecule has 0 fully saturated rings. The van der Waals surface area contributed by atoms with E-state index in [4.69, 9.17) is 5.11 Å². The molecule has 1 heterocycles. The Morgan fingerprint density at radius 2 is 2.05 bits per heavy atom. The van der Waals surface area contributed by atoms with Crippen LogP contribution in [0.5, 0.6) is 0 Å². The minimum Gasteiger partial charge on any atom is -0.480 e. The molecule has 2 N–H and O–H groups in total. The number of aromatic nitrogens is 1. The quantitative estimate of drug-likeness (QED) is 0.840. The highest BCUT2D eigenvalue weighted by Gasteiger charge is 2.34. The maximum Gasteiger partial charge on any atom is 0.329 e. The highest BCUT2D eigenvalue weighted by atomic mass is 32.1. The van der Waals surface area contributed by atoms with Crippen molar-refractivity contribution in [3.8, 4) is 0 Å². The summed E-state index contributed by atoms with van der Waals surface area (Å²) in [5.74, 6) is -1.39. The molecule has 5 nitrogen and oxygen atoms in total. The molecule has 0 radical (unpaired) electrons. The molecule has 1 unspecified atom stereocenters. The summed E-state index contributed by atoms with van der Waals surface area (Å²) in [7, 11) is 0.